The molecule has 3 heterocycles. The van der Waals surface area contributed by atoms with Crippen LogP contribution in [-0.2, 0) is 6.54 Å². The van der Waals surface area contributed by atoms with Crippen molar-refractivity contribution >= 4 is 17.1 Å². The van der Waals surface area contributed by atoms with Crippen LogP contribution in [0.15, 0.2) is 71.7 Å². The Bertz CT molecular complexity index is 1360. The zero-order chi connectivity index (χ0) is 22.2. The molecule has 162 valence electrons. The molecule has 4 aromatic rings. The second-order valence-electron chi connectivity index (χ2n) is 8.23. The van der Waals surface area contributed by atoms with E-state index >= 15 is 0 Å². The van der Waals surface area contributed by atoms with Crippen LogP contribution in [0.2, 0.25) is 0 Å². The van der Waals surface area contributed by atoms with Gasteiger partial charge in [0.25, 0.3) is 5.91 Å². The van der Waals surface area contributed by atoms with Crippen LogP contribution >= 0.6 is 0 Å². The zero-order valence-electron chi connectivity index (χ0n) is 17.7. The molecule has 6 nitrogen and oxygen atoms in total. The first-order chi connectivity index (χ1) is 15.5. The number of halogens is 1. The van der Waals surface area contributed by atoms with Gasteiger partial charge in [-0.25, -0.2) is 14.2 Å². The number of pyridine rings is 1. The van der Waals surface area contributed by atoms with Crippen molar-refractivity contribution in [2.75, 3.05) is 13.1 Å². The third-order valence-electron chi connectivity index (χ3n) is 6.14. The number of amides is 1. The van der Waals surface area contributed by atoms with E-state index < -0.39 is 5.82 Å². The van der Waals surface area contributed by atoms with Crippen molar-refractivity contribution in [2.24, 2.45) is 0 Å². The van der Waals surface area contributed by atoms with E-state index in [4.69, 9.17) is 0 Å². The molecule has 1 aliphatic rings. The highest BCUT2D eigenvalue weighted by Gasteiger charge is 2.31. The predicted molar refractivity (Wildman–Crippen MR) is 120 cm³/mol. The maximum Gasteiger partial charge on any atom is 0.330 e. The Morgan fingerprint density at radius 1 is 1.12 bits per heavy atom. The molecule has 1 unspecified atom stereocenters. The van der Waals surface area contributed by atoms with Gasteiger partial charge in [0.15, 0.2) is 5.65 Å². The fraction of sp³-hybridized carbons (Fsp3) is 0.240. The maximum atomic E-state index is 14.0. The lowest BCUT2D eigenvalue weighted by Crippen LogP contribution is -2.32. The fourth-order valence-corrected chi connectivity index (χ4v) is 4.40. The van der Waals surface area contributed by atoms with Crippen LogP contribution in [0.3, 0.4) is 0 Å². The largest absolute Gasteiger partial charge is 0.336 e. The van der Waals surface area contributed by atoms with Gasteiger partial charge in [0, 0.05) is 24.8 Å². The highest BCUT2D eigenvalue weighted by atomic mass is 19.1. The van der Waals surface area contributed by atoms with Gasteiger partial charge in [0.2, 0.25) is 0 Å². The van der Waals surface area contributed by atoms with Gasteiger partial charge in [-0.05, 0) is 48.7 Å². The highest BCUT2D eigenvalue weighted by molar-refractivity contribution is 5.94. The number of nitrogens with zero attached hydrogens (tertiary/aromatic N) is 4. The molecule has 2 aromatic heterocycles. The van der Waals surface area contributed by atoms with Crippen LogP contribution in [0, 0.1) is 12.7 Å². The number of aromatic nitrogens is 3. The molecule has 0 aliphatic carbocycles. The first kappa shape index (κ1) is 20.2. The summed E-state index contributed by atoms with van der Waals surface area (Å²) in [5.41, 5.74) is 3.11. The average Bonchev–Trinajstić information content (AvgIpc) is 3.39. The third-order valence-corrected chi connectivity index (χ3v) is 6.14. The number of likely N-dealkylation sites (tertiary alicyclic amines) is 1. The van der Waals surface area contributed by atoms with Crippen molar-refractivity contribution in [1.29, 1.82) is 0 Å². The van der Waals surface area contributed by atoms with Crippen LogP contribution in [0.25, 0.3) is 11.2 Å². The summed E-state index contributed by atoms with van der Waals surface area (Å²) in [4.78, 5) is 32.5. The van der Waals surface area contributed by atoms with Gasteiger partial charge in [-0.1, -0.05) is 36.4 Å². The predicted octanol–water partition coefficient (Wildman–Crippen LogP) is 3.78. The molecule has 32 heavy (non-hydrogen) atoms. The van der Waals surface area contributed by atoms with Gasteiger partial charge < -0.3 is 4.90 Å². The molecule has 2 aromatic carbocycles. The van der Waals surface area contributed by atoms with Crippen molar-refractivity contribution < 1.29 is 9.18 Å². The standard InChI is InChI=1S/C25H23FN4O2/c1-17-9-10-19(14-21(17)26)24(31)28-13-11-20(16-28)30-23-22(8-5-12-27-23)29(25(30)32)15-18-6-3-2-4-7-18/h2-10,12,14,20H,11,13,15-16H2,1H3. The molecule has 5 rings (SSSR count). The third kappa shape index (κ3) is 3.49. The fourth-order valence-electron chi connectivity index (χ4n) is 4.40. The average molecular weight is 430 g/mol. The summed E-state index contributed by atoms with van der Waals surface area (Å²) in [6.45, 7) is 3.01. The van der Waals surface area contributed by atoms with Crippen LogP contribution in [0.5, 0.6) is 0 Å². The lowest BCUT2D eigenvalue weighted by Gasteiger charge is -2.17. The van der Waals surface area contributed by atoms with Crippen LogP contribution in [0.1, 0.15) is 33.9 Å². The van der Waals surface area contributed by atoms with E-state index in [0.29, 0.717) is 42.8 Å². The molecule has 1 amide bonds. The molecule has 7 heteroatoms. The first-order valence-corrected chi connectivity index (χ1v) is 10.7. The van der Waals surface area contributed by atoms with E-state index in [2.05, 4.69) is 4.98 Å². The Morgan fingerprint density at radius 3 is 2.72 bits per heavy atom. The molecule has 1 aliphatic heterocycles. The van der Waals surface area contributed by atoms with Gasteiger partial charge in [-0.3, -0.25) is 13.9 Å². The molecule has 1 atom stereocenters. The van der Waals surface area contributed by atoms with Crippen molar-refractivity contribution in [1.82, 2.24) is 19.0 Å². The summed E-state index contributed by atoms with van der Waals surface area (Å²) in [5.74, 6) is -0.614. The molecule has 0 saturated carbocycles. The molecule has 0 spiro atoms. The van der Waals surface area contributed by atoms with Gasteiger partial charge >= 0.3 is 5.69 Å². The summed E-state index contributed by atoms with van der Waals surface area (Å²) in [6.07, 6.45) is 2.32. The summed E-state index contributed by atoms with van der Waals surface area (Å²) >= 11 is 0. The summed E-state index contributed by atoms with van der Waals surface area (Å²) in [6, 6.07) is 17.9. The van der Waals surface area contributed by atoms with Crippen molar-refractivity contribution in [3.05, 3.63) is 99.9 Å². The highest BCUT2D eigenvalue weighted by Crippen LogP contribution is 2.26. The summed E-state index contributed by atoms with van der Waals surface area (Å²) in [5, 5.41) is 0. The number of carbonyl (C=O) groups excluding carboxylic acids is 1. The molecular formula is C25H23FN4O2. The normalized spacial score (nSPS) is 16.1. The van der Waals surface area contributed by atoms with E-state index in [0.717, 1.165) is 11.1 Å². The molecule has 0 radical (unpaired) electrons. The lowest BCUT2D eigenvalue weighted by molar-refractivity contribution is 0.0787. The smallest absolute Gasteiger partial charge is 0.330 e. The molecule has 1 saturated heterocycles. The molecule has 1 fully saturated rings. The molecule has 0 bridgehead atoms. The summed E-state index contributed by atoms with van der Waals surface area (Å²) < 4.78 is 17.4. The SMILES string of the molecule is Cc1ccc(C(=O)N2CCC(n3c(=O)n(Cc4ccccc4)c4cccnc43)C2)cc1F. The number of carbonyl (C=O) groups is 1. The second kappa shape index (κ2) is 8.07. The van der Waals surface area contributed by atoms with E-state index in [1.807, 2.05) is 42.5 Å². The van der Waals surface area contributed by atoms with Crippen LogP contribution in [-0.4, -0.2) is 38.0 Å². The number of rotatable bonds is 4. The van der Waals surface area contributed by atoms with Gasteiger partial charge in [-0.15, -0.1) is 0 Å². The Balaban J connectivity index is 1.46. The van der Waals surface area contributed by atoms with E-state index in [1.165, 1.54) is 6.07 Å². The van der Waals surface area contributed by atoms with Gasteiger partial charge in [0.05, 0.1) is 18.1 Å². The Hall–Kier alpha value is -3.74. The van der Waals surface area contributed by atoms with Crippen LogP contribution in [0.4, 0.5) is 4.39 Å². The minimum atomic E-state index is -0.393. The molecular weight excluding hydrogens is 407 g/mol. The number of benzene rings is 2. The topological polar surface area (TPSA) is 60.1 Å². The van der Waals surface area contributed by atoms with E-state index in [-0.39, 0.29) is 17.6 Å². The second-order valence-corrected chi connectivity index (χ2v) is 8.23. The van der Waals surface area contributed by atoms with Gasteiger partial charge in [0.1, 0.15) is 5.82 Å². The first-order valence-electron chi connectivity index (χ1n) is 10.7. The Labute approximate surface area is 184 Å². The van der Waals surface area contributed by atoms with E-state index in [9.17, 15) is 14.0 Å². The van der Waals surface area contributed by atoms with Crippen LogP contribution < -0.4 is 5.69 Å². The number of aryl methyl sites for hydroxylation is 1. The summed E-state index contributed by atoms with van der Waals surface area (Å²) in [7, 11) is 0. The van der Waals surface area contributed by atoms with Crippen molar-refractivity contribution in [3.63, 3.8) is 0 Å². The number of hydrogen-bond acceptors (Lipinski definition) is 3. The quantitative estimate of drug-likeness (QED) is 0.495. The van der Waals surface area contributed by atoms with Crippen molar-refractivity contribution in [3.8, 4) is 0 Å². The molecule has 0 N–H and O–H groups in total. The zero-order valence-corrected chi connectivity index (χ0v) is 17.7. The minimum absolute atomic E-state index is 0.136. The van der Waals surface area contributed by atoms with E-state index in [1.54, 1.807) is 39.3 Å². The van der Waals surface area contributed by atoms with Gasteiger partial charge in [-0.2, -0.15) is 0 Å². The minimum Gasteiger partial charge on any atom is -0.336 e. The maximum absolute atomic E-state index is 14.0. The Kier molecular flexibility index (Phi) is 5.09. The van der Waals surface area contributed by atoms with Crippen molar-refractivity contribution in [2.45, 2.75) is 25.9 Å². The number of fused-ring (bicyclic) bond motifs is 1. The Morgan fingerprint density at radius 2 is 1.94 bits per heavy atom. The number of hydrogen-bond donors (Lipinski definition) is 0. The lowest BCUT2D eigenvalue weighted by atomic mass is 10.1. The monoisotopic (exact) mass is 430 g/mol. The number of imidazole rings is 1.